The molecule has 0 atom stereocenters. The van der Waals surface area contributed by atoms with Gasteiger partial charge in [-0.3, -0.25) is 14.6 Å². The normalized spacial score (nSPS) is 14.7. The summed E-state index contributed by atoms with van der Waals surface area (Å²) >= 11 is 0. The molecule has 204 valence electrons. The van der Waals surface area contributed by atoms with Crippen LogP contribution < -0.4 is 10.6 Å². The molecule has 1 aliphatic rings. The lowest BCUT2D eigenvalue weighted by atomic mass is 9.98. The Morgan fingerprint density at radius 2 is 1.73 bits per heavy atom. The highest BCUT2D eigenvalue weighted by molar-refractivity contribution is 7.90. The van der Waals surface area contributed by atoms with E-state index >= 15 is 0 Å². The van der Waals surface area contributed by atoms with Crippen molar-refractivity contribution in [1.82, 2.24) is 24.6 Å². The zero-order valence-corrected chi connectivity index (χ0v) is 23.2. The lowest BCUT2D eigenvalue weighted by Gasteiger charge is -2.35. The van der Waals surface area contributed by atoms with Crippen LogP contribution in [0.4, 0.5) is 5.82 Å². The summed E-state index contributed by atoms with van der Waals surface area (Å²) in [6.45, 7) is 4.15. The maximum atomic E-state index is 11.7. The van der Waals surface area contributed by atoms with Gasteiger partial charge in [-0.05, 0) is 35.9 Å². The molecule has 5 rings (SSSR count). The average molecular weight is 555 g/mol. The Hall–Kier alpha value is -4.53. The van der Waals surface area contributed by atoms with Crippen molar-refractivity contribution in [1.29, 1.82) is 5.26 Å². The van der Waals surface area contributed by atoms with E-state index in [9.17, 15) is 13.7 Å². The van der Waals surface area contributed by atoms with Crippen LogP contribution in [-0.2, 0) is 23.4 Å². The highest BCUT2D eigenvalue weighted by Crippen LogP contribution is 2.32. The van der Waals surface area contributed by atoms with Crippen molar-refractivity contribution in [3.63, 3.8) is 0 Å². The molecule has 4 aromatic rings. The van der Waals surface area contributed by atoms with E-state index < -0.39 is 9.84 Å². The first-order valence-electron chi connectivity index (χ1n) is 12.8. The number of nitrogens with zero attached hydrogens (tertiary/aromatic N) is 7. The number of aryl methyl sites for hydroxylation is 1. The molecule has 0 saturated carbocycles. The second-order valence-electron chi connectivity index (χ2n) is 9.80. The van der Waals surface area contributed by atoms with Gasteiger partial charge in [-0.1, -0.05) is 12.1 Å². The van der Waals surface area contributed by atoms with Gasteiger partial charge in [-0.15, -0.1) is 0 Å². The lowest BCUT2D eigenvalue weighted by molar-refractivity contribution is 0.249. The standard InChI is InChI=1S/C29H30N8O2S/c1-35-20-25(18-34-35)23-13-27(29(33-17-23)24(14-30)15-31)22-5-8-28(32-16-22)37-11-9-36(10-12-37)19-21-3-6-26(7-4-21)40(2,38)39/h3-8,13-14,16-18,20H,9-12,19,30H2,1-2H3. The fourth-order valence-corrected chi connectivity index (χ4v) is 5.40. The minimum absolute atomic E-state index is 0.291. The maximum Gasteiger partial charge on any atom is 0.175 e. The van der Waals surface area contributed by atoms with Crippen LogP contribution in [0.5, 0.6) is 0 Å². The van der Waals surface area contributed by atoms with Crippen molar-refractivity contribution in [2.24, 2.45) is 12.8 Å². The monoisotopic (exact) mass is 554 g/mol. The molecular formula is C29H30N8O2S. The molecule has 0 spiro atoms. The number of anilines is 1. The summed E-state index contributed by atoms with van der Waals surface area (Å²) < 4.78 is 25.1. The molecule has 40 heavy (non-hydrogen) atoms. The maximum absolute atomic E-state index is 11.7. The molecule has 0 aliphatic carbocycles. The van der Waals surface area contributed by atoms with Crippen LogP contribution >= 0.6 is 0 Å². The summed E-state index contributed by atoms with van der Waals surface area (Å²) in [6, 6.07) is 15.2. The molecular weight excluding hydrogens is 524 g/mol. The predicted molar refractivity (Wildman–Crippen MR) is 154 cm³/mol. The van der Waals surface area contributed by atoms with Gasteiger partial charge in [0, 0.05) is 93.1 Å². The number of pyridine rings is 2. The van der Waals surface area contributed by atoms with Crippen LogP contribution in [0.1, 0.15) is 11.3 Å². The van der Waals surface area contributed by atoms with Crippen LogP contribution in [0.2, 0.25) is 0 Å². The predicted octanol–water partition coefficient (Wildman–Crippen LogP) is 3.09. The molecule has 11 heteroatoms. The molecule has 3 aromatic heterocycles. The largest absolute Gasteiger partial charge is 0.403 e. The smallest absolute Gasteiger partial charge is 0.175 e. The Balaban J connectivity index is 1.30. The minimum atomic E-state index is -3.19. The van der Waals surface area contributed by atoms with Gasteiger partial charge >= 0.3 is 0 Å². The lowest BCUT2D eigenvalue weighted by Crippen LogP contribution is -2.46. The number of aromatic nitrogens is 4. The molecule has 1 fully saturated rings. The van der Waals surface area contributed by atoms with Gasteiger partial charge in [-0.25, -0.2) is 13.4 Å². The van der Waals surface area contributed by atoms with Crippen molar-refractivity contribution in [2.75, 3.05) is 37.3 Å². The van der Waals surface area contributed by atoms with E-state index in [1.165, 1.54) is 12.5 Å². The Labute approximate surface area is 233 Å². The number of nitrogens with two attached hydrogens (primary N) is 1. The highest BCUT2D eigenvalue weighted by atomic mass is 32.2. The van der Waals surface area contributed by atoms with Gasteiger partial charge in [0.2, 0.25) is 0 Å². The zero-order valence-electron chi connectivity index (χ0n) is 22.4. The number of sulfone groups is 1. The summed E-state index contributed by atoms with van der Waals surface area (Å²) in [7, 11) is -1.33. The zero-order chi connectivity index (χ0) is 28.3. The van der Waals surface area contributed by atoms with Gasteiger partial charge in [0.25, 0.3) is 0 Å². The van der Waals surface area contributed by atoms with Gasteiger partial charge < -0.3 is 10.6 Å². The van der Waals surface area contributed by atoms with Crippen LogP contribution in [0.25, 0.3) is 27.8 Å². The van der Waals surface area contributed by atoms with Crippen molar-refractivity contribution < 1.29 is 8.42 Å². The van der Waals surface area contributed by atoms with Crippen molar-refractivity contribution >= 4 is 21.2 Å². The third-order valence-electron chi connectivity index (χ3n) is 6.98. The van der Waals surface area contributed by atoms with Crippen molar-refractivity contribution in [3.05, 3.63) is 84.7 Å². The SMILES string of the molecule is Cn1cc(-c2cnc(C(C#N)=CN)c(-c3ccc(N4CCN(Cc5ccc(S(C)(=O)=O)cc5)CC4)nc3)c2)cn1. The first-order chi connectivity index (χ1) is 19.2. The van der Waals surface area contributed by atoms with Crippen LogP contribution in [0.3, 0.4) is 0 Å². The molecule has 4 heterocycles. The first kappa shape index (κ1) is 27.1. The summed E-state index contributed by atoms with van der Waals surface area (Å²) in [5, 5.41) is 13.9. The van der Waals surface area contributed by atoms with E-state index in [1.54, 1.807) is 29.2 Å². The Bertz CT molecular complexity index is 1680. The number of nitriles is 1. The molecule has 0 unspecified atom stereocenters. The van der Waals surface area contributed by atoms with E-state index in [0.717, 1.165) is 66.4 Å². The van der Waals surface area contributed by atoms with E-state index in [1.807, 2.05) is 49.8 Å². The van der Waals surface area contributed by atoms with Crippen LogP contribution in [-0.4, -0.2) is 65.5 Å². The van der Waals surface area contributed by atoms with Gasteiger partial charge in [0.05, 0.1) is 22.4 Å². The average Bonchev–Trinajstić information content (AvgIpc) is 3.40. The molecule has 2 N–H and O–H groups in total. The van der Waals surface area contributed by atoms with Gasteiger partial charge in [0.1, 0.15) is 11.9 Å². The molecule has 1 saturated heterocycles. The Morgan fingerprint density at radius 3 is 2.30 bits per heavy atom. The third-order valence-corrected chi connectivity index (χ3v) is 8.11. The number of allylic oxidation sites excluding steroid dienone is 1. The summed E-state index contributed by atoms with van der Waals surface area (Å²) in [4.78, 5) is 14.3. The molecule has 0 amide bonds. The summed E-state index contributed by atoms with van der Waals surface area (Å²) in [5.74, 6) is 0.883. The fraction of sp³-hybridized carbons (Fsp3) is 0.241. The van der Waals surface area contributed by atoms with E-state index in [-0.39, 0.29) is 0 Å². The molecule has 1 aliphatic heterocycles. The molecule has 10 nitrogen and oxygen atoms in total. The minimum Gasteiger partial charge on any atom is -0.403 e. The highest BCUT2D eigenvalue weighted by Gasteiger charge is 2.20. The number of benzene rings is 1. The van der Waals surface area contributed by atoms with Crippen molar-refractivity contribution in [3.8, 4) is 28.3 Å². The van der Waals surface area contributed by atoms with E-state index in [0.29, 0.717) is 16.2 Å². The first-order valence-corrected chi connectivity index (χ1v) is 14.7. The van der Waals surface area contributed by atoms with Crippen molar-refractivity contribution in [2.45, 2.75) is 11.4 Å². The molecule has 1 aromatic carbocycles. The number of rotatable bonds is 7. The Kier molecular flexibility index (Phi) is 7.64. The Morgan fingerprint density at radius 1 is 1.00 bits per heavy atom. The number of hydrogen-bond acceptors (Lipinski definition) is 9. The van der Waals surface area contributed by atoms with E-state index in [2.05, 4.69) is 26.0 Å². The second-order valence-corrected chi connectivity index (χ2v) is 11.8. The second kappa shape index (κ2) is 11.3. The van der Waals surface area contributed by atoms with Crippen LogP contribution in [0.15, 0.2) is 78.3 Å². The topological polar surface area (TPSA) is 134 Å². The fourth-order valence-electron chi connectivity index (χ4n) is 4.76. The van der Waals surface area contributed by atoms with Gasteiger partial charge in [0.15, 0.2) is 9.84 Å². The quantitative estimate of drug-likeness (QED) is 0.342. The van der Waals surface area contributed by atoms with E-state index in [4.69, 9.17) is 10.7 Å². The third kappa shape index (κ3) is 5.88. The molecule has 0 radical (unpaired) electrons. The van der Waals surface area contributed by atoms with Gasteiger partial charge in [-0.2, -0.15) is 10.4 Å². The number of hydrogen-bond donors (Lipinski definition) is 1. The number of piperazine rings is 1. The summed E-state index contributed by atoms with van der Waals surface area (Å²) in [6.07, 6.45) is 9.71. The molecule has 0 bridgehead atoms. The summed E-state index contributed by atoms with van der Waals surface area (Å²) in [5.41, 5.74) is 11.0. The van der Waals surface area contributed by atoms with Crippen LogP contribution in [0, 0.1) is 11.3 Å².